The van der Waals surface area contributed by atoms with E-state index in [2.05, 4.69) is 188 Å². The predicted molar refractivity (Wildman–Crippen MR) is 235 cm³/mol. The number of benzene rings is 8. The number of hydrogen-bond acceptors (Lipinski definition) is 3. The molecule has 0 saturated carbocycles. The first-order valence-corrected chi connectivity index (χ1v) is 20.4. The third-order valence-electron chi connectivity index (χ3n) is 12.1. The minimum Gasteiger partial charge on any atom is -0.228 e. The van der Waals surface area contributed by atoms with Crippen LogP contribution in [0.25, 0.3) is 73.0 Å². The van der Waals surface area contributed by atoms with Crippen LogP contribution in [0.15, 0.2) is 198 Å². The highest BCUT2D eigenvalue weighted by atomic mass is 32.2. The number of aromatic nitrogens is 2. The van der Waals surface area contributed by atoms with Gasteiger partial charge in [0.1, 0.15) is 0 Å². The molecule has 0 radical (unpaired) electrons. The van der Waals surface area contributed by atoms with Crippen LogP contribution in [0.5, 0.6) is 0 Å². The van der Waals surface area contributed by atoms with Crippen molar-refractivity contribution in [3.8, 4) is 56.2 Å². The molecule has 0 unspecified atom stereocenters. The molecular formula is C54H34N2S. The van der Waals surface area contributed by atoms with Gasteiger partial charge in [0.25, 0.3) is 0 Å². The molecule has 266 valence electrons. The number of allylic oxidation sites excluding steroid dienone is 1. The molecule has 2 heterocycles. The summed E-state index contributed by atoms with van der Waals surface area (Å²) in [5.74, 6) is 0.722. The molecule has 3 heteroatoms. The monoisotopic (exact) mass is 742 g/mol. The molecule has 0 bridgehead atoms. The van der Waals surface area contributed by atoms with Crippen molar-refractivity contribution >= 4 is 28.6 Å². The molecule has 0 saturated heterocycles. The summed E-state index contributed by atoms with van der Waals surface area (Å²) in [5.41, 5.74) is 17.6. The Bertz CT molecular complexity index is 3080. The third-order valence-corrected chi connectivity index (χ3v) is 13.3. The quantitative estimate of drug-likeness (QED) is 0.180. The van der Waals surface area contributed by atoms with Gasteiger partial charge in [-0.25, -0.2) is 9.97 Å². The van der Waals surface area contributed by atoms with Crippen molar-refractivity contribution in [1.82, 2.24) is 9.97 Å². The predicted octanol–water partition coefficient (Wildman–Crippen LogP) is 13.7. The minimum absolute atomic E-state index is 0.399. The maximum absolute atomic E-state index is 5.17. The minimum atomic E-state index is -0.399. The van der Waals surface area contributed by atoms with Gasteiger partial charge >= 0.3 is 0 Å². The molecule has 0 fully saturated rings. The molecule has 2 nitrogen and oxygen atoms in total. The highest BCUT2D eigenvalue weighted by Crippen LogP contribution is 2.62. The van der Waals surface area contributed by atoms with Crippen molar-refractivity contribution in [2.45, 2.75) is 21.6 Å². The van der Waals surface area contributed by atoms with E-state index in [0.29, 0.717) is 0 Å². The zero-order valence-corrected chi connectivity index (χ0v) is 31.8. The van der Waals surface area contributed by atoms with E-state index in [9.17, 15) is 0 Å². The summed E-state index contributed by atoms with van der Waals surface area (Å²) in [5, 5.41) is 2.59. The van der Waals surface area contributed by atoms with Crippen molar-refractivity contribution in [3.63, 3.8) is 0 Å². The summed E-state index contributed by atoms with van der Waals surface area (Å²) in [6, 6.07) is 66.7. The van der Waals surface area contributed by atoms with E-state index in [1.54, 1.807) is 0 Å². The molecular weight excluding hydrogens is 709 g/mol. The Morgan fingerprint density at radius 1 is 0.439 bits per heavy atom. The van der Waals surface area contributed by atoms with E-state index in [1.165, 1.54) is 76.2 Å². The van der Waals surface area contributed by atoms with Crippen molar-refractivity contribution < 1.29 is 0 Å². The van der Waals surface area contributed by atoms with Gasteiger partial charge in [-0.2, -0.15) is 0 Å². The first-order valence-electron chi connectivity index (χ1n) is 19.6. The number of nitrogens with zero attached hydrogens (tertiary/aromatic N) is 2. The molecule has 1 spiro atoms. The van der Waals surface area contributed by atoms with Crippen LogP contribution in [0.2, 0.25) is 0 Å². The molecule has 12 rings (SSSR count). The average Bonchev–Trinajstić information content (AvgIpc) is 3.57. The van der Waals surface area contributed by atoms with Gasteiger partial charge in [0.15, 0.2) is 5.82 Å². The van der Waals surface area contributed by atoms with Crippen LogP contribution in [-0.4, -0.2) is 9.97 Å². The summed E-state index contributed by atoms with van der Waals surface area (Å²) in [6.45, 7) is 0. The summed E-state index contributed by atoms with van der Waals surface area (Å²) in [4.78, 5) is 13.0. The van der Waals surface area contributed by atoms with Gasteiger partial charge in [0.2, 0.25) is 0 Å². The average molecular weight is 743 g/mol. The van der Waals surface area contributed by atoms with Crippen LogP contribution in [-0.2, 0) is 11.8 Å². The fraction of sp³-hybridized carbons (Fsp3) is 0.0370. The maximum atomic E-state index is 5.17. The van der Waals surface area contributed by atoms with Crippen LogP contribution in [0.3, 0.4) is 0 Å². The Balaban J connectivity index is 0.985. The highest BCUT2D eigenvalue weighted by molar-refractivity contribution is 7.99. The third kappa shape index (κ3) is 4.92. The molecule has 57 heavy (non-hydrogen) atoms. The molecule has 8 aromatic carbocycles. The second kappa shape index (κ2) is 12.6. The fourth-order valence-corrected chi connectivity index (χ4v) is 10.8. The normalized spacial score (nSPS) is 13.9. The first kappa shape index (κ1) is 32.4. The largest absolute Gasteiger partial charge is 0.228 e. The van der Waals surface area contributed by atoms with Crippen molar-refractivity contribution in [1.29, 1.82) is 0 Å². The Morgan fingerprint density at radius 3 is 1.88 bits per heavy atom. The molecule has 0 N–H and O–H groups in total. The second-order valence-corrected chi connectivity index (χ2v) is 16.3. The smallest absolute Gasteiger partial charge is 0.160 e. The number of fused-ring (bicyclic) bond motifs is 9. The van der Waals surface area contributed by atoms with Gasteiger partial charge in [0.05, 0.1) is 16.8 Å². The lowest BCUT2D eigenvalue weighted by Crippen LogP contribution is -2.32. The van der Waals surface area contributed by atoms with E-state index in [0.717, 1.165) is 40.3 Å². The number of hydrogen-bond donors (Lipinski definition) is 0. The molecule has 0 atom stereocenters. The van der Waals surface area contributed by atoms with Gasteiger partial charge in [-0.1, -0.05) is 170 Å². The lowest BCUT2D eigenvalue weighted by atomic mass is 9.67. The van der Waals surface area contributed by atoms with Gasteiger partial charge in [-0.05, 0) is 109 Å². The molecule has 9 aromatic rings. The van der Waals surface area contributed by atoms with Crippen LogP contribution < -0.4 is 0 Å². The molecule has 3 aliphatic rings. The Morgan fingerprint density at radius 2 is 1.09 bits per heavy atom. The summed E-state index contributed by atoms with van der Waals surface area (Å²) in [6.07, 6.45) is 5.48. The van der Waals surface area contributed by atoms with Crippen LogP contribution in [0, 0.1) is 0 Å². The maximum Gasteiger partial charge on any atom is 0.160 e. The Hall–Kier alpha value is -6.81. The molecule has 1 aromatic heterocycles. The van der Waals surface area contributed by atoms with Gasteiger partial charge in [-0.15, -0.1) is 0 Å². The lowest BCUT2D eigenvalue weighted by Gasteiger charge is -2.40. The number of rotatable bonds is 4. The molecule has 2 aliphatic carbocycles. The van der Waals surface area contributed by atoms with E-state index >= 15 is 0 Å². The van der Waals surface area contributed by atoms with E-state index < -0.39 is 5.41 Å². The van der Waals surface area contributed by atoms with E-state index in [4.69, 9.17) is 9.97 Å². The van der Waals surface area contributed by atoms with Crippen molar-refractivity contribution in [2.75, 3.05) is 0 Å². The zero-order valence-electron chi connectivity index (χ0n) is 31.0. The Labute approximate surface area is 336 Å². The summed E-state index contributed by atoms with van der Waals surface area (Å²) >= 11 is 1.88. The topological polar surface area (TPSA) is 25.8 Å². The van der Waals surface area contributed by atoms with Crippen LogP contribution in [0.1, 0.15) is 33.4 Å². The summed E-state index contributed by atoms with van der Waals surface area (Å²) < 4.78 is 0. The molecule has 0 amide bonds. The lowest BCUT2D eigenvalue weighted by molar-refractivity contribution is 0.723. The van der Waals surface area contributed by atoms with Crippen LogP contribution >= 0.6 is 11.8 Å². The van der Waals surface area contributed by atoms with E-state index in [-0.39, 0.29) is 0 Å². The standard InChI is InChI=1S/C54H34N2S/c1-2-12-37(13-3-1)53-55-48(33-49(56-53)41-30-39-16-10-14-36-15-11-17-40(31-41)52(36)39)35-26-24-34(25-27-35)38-28-29-51-47(32-38)54(46-22-8-9-23-50(46)57-51)44-20-6-4-18-42(44)43-19-5-7-21-45(43)54/h1-14,16-33H,15H2. The van der Waals surface area contributed by atoms with E-state index in [1.807, 2.05) is 17.8 Å². The van der Waals surface area contributed by atoms with Gasteiger partial charge < -0.3 is 0 Å². The fourth-order valence-electron chi connectivity index (χ4n) is 9.63. The SMILES string of the molecule is C1=Cc2cc(-c3cc(-c4ccc(-c5ccc6c(c5)C5(c7ccccc7S6)c6ccccc6-c6ccccc65)cc4)nc(-c4ccccc4)n3)cc3cccc(c23)C1. The van der Waals surface area contributed by atoms with Gasteiger partial charge in [0, 0.05) is 26.5 Å². The Kier molecular flexibility index (Phi) is 7.17. The van der Waals surface area contributed by atoms with Crippen molar-refractivity contribution in [3.05, 3.63) is 221 Å². The summed E-state index contributed by atoms with van der Waals surface area (Å²) in [7, 11) is 0. The zero-order chi connectivity index (χ0) is 37.5. The second-order valence-electron chi connectivity index (χ2n) is 15.2. The van der Waals surface area contributed by atoms with Gasteiger partial charge in [-0.3, -0.25) is 0 Å². The highest BCUT2D eigenvalue weighted by Gasteiger charge is 2.50. The van der Waals surface area contributed by atoms with Crippen molar-refractivity contribution in [2.24, 2.45) is 0 Å². The molecule has 1 aliphatic heterocycles. The van der Waals surface area contributed by atoms with Crippen LogP contribution in [0.4, 0.5) is 0 Å². The first-order chi connectivity index (χ1) is 28.2.